The summed E-state index contributed by atoms with van der Waals surface area (Å²) in [4.78, 5) is 18.9. The lowest BCUT2D eigenvalue weighted by Gasteiger charge is -2.00. The van der Waals surface area contributed by atoms with Crippen molar-refractivity contribution >= 4 is 39.2 Å². The quantitative estimate of drug-likeness (QED) is 0.753. The van der Waals surface area contributed by atoms with Gasteiger partial charge in [0.05, 0.1) is 6.20 Å². The number of nitrogens with one attached hydrogen (secondary N) is 1. The lowest BCUT2D eigenvalue weighted by molar-refractivity contribution is 0.0702. The minimum atomic E-state index is -0.980. The van der Waals surface area contributed by atoms with Gasteiger partial charge in [0.25, 0.3) is 0 Å². The Morgan fingerprint density at radius 1 is 1.39 bits per heavy atom. The maximum absolute atomic E-state index is 10.7. The van der Waals surface area contributed by atoms with Crippen molar-refractivity contribution in [3.8, 4) is 0 Å². The summed E-state index contributed by atoms with van der Waals surface area (Å²) in [6.07, 6.45) is 2.70. The summed E-state index contributed by atoms with van der Waals surface area (Å²) < 4.78 is 5.18. The van der Waals surface area contributed by atoms with Gasteiger partial charge in [-0.15, -0.1) is 0 Å². The molecule has 0 bridgehead atoms. The summed E-state index contributed by atoms with van der Waals surface area (Å²) in [5.74, 6) is -0.980. The summed E-state index contributed by atoms with van der Waals surface area (Å²) in [7, 11) is 0. The first kappa shape index (κ1) is 10.7. The highest BCUT2D eigenvalue weighted by Crippen LogP contribution is 2.24. The van der Waals surface area contributed by atoms with E-state index in [9.17, 15) is 4.79 Å². The van der Waals surface area contributed by atoms with E-state index in [1.54, 1.807) is 6.07 Å². The predicted molar refractivity (Wildman–Crippen MR) is 66.4 cm³/mol. The fraction of sp³-hybridized carbons (Fsp3) is 0. The largest absolute Gasteiger partial charge is 0.477 e. The first-order chi connectivity index (χ1) is 8.72. The van der Waals surface area contributed by atoms with Gasteiger partial charge in [-0.3, -0.25) is 0 Å². The van der Waals surface area contributed by atoms with Gasteiger partial charge in [0, 0.05) is 11.8 Å². The minimum absolute atomic E-state index is 0.193. The Hall–Kier alpha value is -2.41. The van der Waals surface area contributed by atoms with Crippen LogP contribution in [0.5, 0.6) is 0 Å². The maximum Gasteiger partial charge on any atom is 0.347 e. The van der Waals surface area contributed by atoms with Gasteiger partial charge in [0.15, 0.2) is 17.1 Å². The molecule has 0 aliphatic heterocycles. The number of carboxylic acid groups (broad SMARTS) is 1. The monoisotopic (exact) mass is 261 g/mol. The van der Waals surface area contributed by atoms with E-state index in [0.29, 0.717) is 10.7 Å². The molecule has 7 heteroatoms. The molecule has 0 saturated carbocycles. The summed E-state index contributed by atoms with van der Waals surface area (Å²) in [6.45, 7) is 0. The summed E-state index contributed by atoms with van der Waals surface area (Å²) in [5, 5.41) is 12.3. The van der Waals surface area contributed by atoms with Crippen LogP contribution in [0.25, 0.3) is 11.1 Å². The van der Waals surface area contributed by atoms with Crippen LogP contribution in [0.2, 0.25) is 0 Å². The first-order valence-electron chi connectivity index (χ1n) is 5.02. The molecular weight excluding hydrogens is 254 g/mol. The lowest BCUT2D eigenvalue weighted by atomic mass is 10.3. The van der Waals surface area contributed by atoms with Crippen molar-refractivity contribution in [1.29, 1.82) is 0 Å². The Morgan fingerprint density at radius 3 is 3.06 bits per heavy atom. The predicted octanol–water partition coefficient (Wildman–Crippen LogP) is 2.73. The molecule has 2 aromatic heterocycles. The van der Waals surface area contributed by atoms with Crippen molar-refractivity contribution in [2.45, 2.75) is 0 Å². The standard InChI is InChI=1S/C11H7N3O3S/c15-10(16)9-4-12-11(18-9)14-6-1-2-7-8(3-6)17-5-13-7/h1-5H,(H,12,14)(H,15,16). The number of oxazole rings is 1. The Balaban J connectivity index is 1.88. The van der Waals surface area contributed by atoms with Gasteiger partial charge >= 0.3 is 5.97 Å². The van der Waals surface area contributed by atoms with Crippen molar-refractivity contribution in [2.75, 3.05) is 5.32 Å². The summed E-state index contributed by atoms with van der Waals surface area (Å²) >= 11 is 1.08. The molecule has 0 saturated heterocycles. The minimum Gasteiger partial charge on any atom is -0.477 e. The van der Waals surface area contributed by atoms with E-state index in [1.165, 1.54) is 12.6 Å². The molecule has 0 fully saturated rings. The second-order valence-corrected chi connectivity index (χ2v) is 4.53. The van der Waals surface area contributed by atoms with Crippen LogP contribution in [-0.2, 0) is 0 Å². The smallest absolute Gasteiger partial charge is 0.347 e. The van der Waals surface area contributed by atoms with Gasteiger partial charge in [-0.05, 0) is 12.1 Å². The van der Waals surface area contributed by atoms with Gasteiger partial charge in [-0.25, -0.2) is 14.8 Å². The van der Waals surface area contributed by atoms with Gasteiger partial charge < -0.3 is 14.8 Å². The van der Waals surface area contributed by atoms with E-state index in [4.69, 9.17) is 9.52 Å². The third-order valence-corrected chi connectivity index (χ3v) is 3.20. The van der Waals surface area contributed by atoms with Crippen LogP contribution < -0.4 is 5.32 Å². The van der Waals surface area contributed by atoms with E-state index in [-0.39, 0.29) is 4.88 Å². The van der Waals surface area contributed by atoms with Crippen LogP contribution in [0, 0.1) is 0 Å². The summed E-state index contributed by atoms with van der Waals surface area (Å²) in [5.41, 5.74) is 2.20. The highest BCUT2D eigenvalue weighted by Gasteiger charge is 2.09. The van der Waals surface area contributed by atoms with Gasteiger partial charge in [0.1, 0.15) is 10.4 Å². The van der Waals surface area contributed by atoms with Crippen molar-refractivity contribution in [1.82, 2.24) is 9.97 Å². The molecule has 3 rings (SSSR count). The average Bonchev–Trinajstić information content (AvgIpc) is 2.96. The van der Waals surface area contributed by atoms with E-state index in [0.717, 1.165) is 22.5 Å². The SMILES string of the molecule is O=C(O)c1cnc(Nc2ccc3ncoc3c2)s1. The number of hydrogen-bond acceptors (Lipinski definition) is 6. The molecule has 2 N–H and O–H groups in total. The number of aromatic nitrogens is 2. The molecule has 1 aromatic carbocycles. The van der Waals surface area contributed by atoms with Gasteiger partial charge in [0.2, 0.25) is 0 Å². The third-order valence-electron chi connectivity index (χ3n) is 2.30. The highest BCUT2D eigenvalue weighted by molar-refractivity contribution is 7.17. The molecule has 3 aromatic rings. The van der Waals surface area contributed by atoms with Gasteiger partial charge in [-0.1, -0.05) is 11.3 Å². The topological polar surface area (TPSA) is 88.2 Å². The van der Waals surface area contributed by atoms with Crippen LogP contribution >= 0.6 is 11.3 Å². The number of fused-ring (bicyclic) bond motifs is 1. The molecule has 0 atom stereocenters. The number of aromatic carboxylic acids is 1. The number of benzene rings is 1. The van der Waals surface area contributed by atoms with E-state index >= 15 is 0 Å². The fourth-order valence-electron chi connectivity index (χ4n) is 1.49. The number of nitrogens with zero attached hydrogens (tertiary/aromatic N) is 2. The zero-order valence-electron chi connectivity index (χ0n) is 8.95. The van der Waals surface area contributed by atoms with E-state index < -0.39 is 5.97 Å². The molecule has 2 heterocycles. The molecule has 0 aliphatic rings. The van der Waals surface area contributed by atoms with Crippen LogP contribution in [0.1, 0.15) is 9.67 Å². The molecule has 90 valence electrons. The number of thiazole rings is 1. The molecule has 0 spiro atoms. The highest BCUT2D eigenvalue weighted by atomic mass is 32.1. The molecule has 18 heavy (non-hydrogen) atoms. The maximum atomic E-state index is 10.7. The van der Waals surface area contributed by atoms with Crippen molar-refractivity contribution in [3.63, 3.8) is 0 Å². The van der Waals surface area contributed by atoms with Crippen LogP contribution in [0.4, 0.5) is 10.8 Å². The van der Waals surface area contributed by atoms with Crippen LogP contribution in [0.15, 0.2) is 35.2 Å². The number of carbonyl (C=O) groups is 1. The normalized spacial score (nSPS) is 10.7. The zero-order chi connectivity index (χ0) is 12.5. The molecule has 0 aliphatic carbocycles. The number of rotatable bonds is 3. The van der Waals surface area contributed by atoms with Gasteiger partial charge in [-0.2, -0.15) is 0 Å². The summed E-state index contributed by atoms with van der Waals surface area (Å²) in [6, 6.07) is 5.42. The van der Waals surface area contributed by atoms with Crippen molar-refractivity contribution < 1.29 is 14.3 Å². The van der Waals surface area contributed by atoms with Crippen LogP contribution in [-0.4, -0.2) is 21.0 Å². The van der Waals surface area contributed by atoms with Crippen molar-refractivity contribution in [2.24, 2.45) is 0 Å². The molecular formula is C11H7N3O3S. The Morgan fingerprint density at radius 2 is 2.28 bits per heavy atom. The molecule has 0 radical (unpaired) electrons. The Labute approximate surface area is 105 Å². The lowest BCUT2D eigenvalue weighted by Crippen LogP contribution is -1.90. The Bertz CT molecular complexity index is 719. The van der Waals surface area contributed by atoms with Crippen LogP contribution in [0.3, 0.4) is 0 Å². The number of hydrogen-bond donors (Lipinski definition) is 2. The third kappa shape index (κ3) is 1.91. The molecule has 0 unspecified atom stereocenters. The second kappa shape index (κ2) is 4.11. The average molecular weight is 261 g/mol. The molecule has 6 nitrogen and oxygen atoms in total. The number of carboxylic acids is 1. The second-order valence-electron chi connectivity index (χ2n) is 3.49. The molecule has 0 amide bonds. The van der Waals surface area contributed by atoms with E-state index in [1.807, 2.05) is 12.1 Å². The van der Waals surface area contributed by atoms with E-state index in [2.05, 4.69) is 15.3 Å². The Kier molecular flexibility index (Phi) is 2.45. The zero-order valence-corrected chi connectivity index (χ0v) is 9.77. The first-order valence-corrected chi connectivity index (χ1v) is 5.83. The fourth-order valence-corrected chi connectivity index (χ4v) is 2.16. The van der Waals surface area contributed by atoms with Crippen molar-refractivity contribution in [3.05, 3.63) is 35.7 Å². The number of anilines is 2.